The van der Waals surface area contributed by atoms with Gasteiger partial charge in [0.2, 0.25) is 0 Å². The molecule has 3 N–H and O–H groups in total. The van der Waals surface area contributed by atoms with E-state index >= 15 is 0 Å². The van der Waals surface area contributed by atoms with Gasteiger partial charge in [0.1, 0.15) is 13.2 Å². The summed E-state index contributed by atoms with van der Waals surface area (Å²) in [5.41, 5.74) is 5.06. The van der Waals surface area contributed by atoms with Crippen molar-refractivity contribution in [2.45, 2.75) is 39.3 Å². The Kier molecular flexibility index (Phi) is 8.73. The Hall–Kier alpha value is -4.21. The minimum Gasteiger partial charge on any atom is -0.445 e. The SMILES string of the molecule is CCCCCn1nc(C(=O)NNC(=O)CNC(=O)OCc2ccccc2)c2ccccc2c1=O. The largest absolute Gasteiger partial charge is 0.445 e. The van der Waals surface area contributed by atoms with E-state index in [1.54, 1.807) is 36.4 Å². The molecule has 0 unspecified atom stereocenters. The first kappa shape index (κ1) is 24.4. The molecule has 0 aliphatic heterocycles. The molecule has 0 bridgehead atoms. The number of nitrogens with zero attached hydrogens (tertiary/aromatic N) is 2. The lowest BCUT2D eigenvalue weighted by atomic mass is 10.1. The Bertz CT molecular complexity index is 1210. The van der Waals surface area contributed by atoms with E-state index in [4.69, 9.17) is 4.74 Å². The van der Waals surface area contributed by atoms with Gasteiger partial charge in [0, 0.05) is 11.9 Å². The molecule has 0 spiro atoms. The van der Waals surface area contributed by atoms with E-state index in [0.29, 0.717) is 17.3 Å². The molecule has 0 aliphatic carbocycles. The lowest BCUT2D eigenvalue weighted by molar-refractivity contribution is -0.120. The summed E-state index contributed by atoms with van der Waals surface area (Å²) in [4.78, 5) is 49.2. The quantitative estimate of drug-likeness (QED) is 0.328. The predicted molar refractivity (Wildman–Crippen MR) is 126 cm³/mol. The average Bonchev–Trinajstić information content (AvgIpc) is 2.87. The van der Waals surface area contributed by atoms with Crippen LogP contribution >= 0.6 is 0 Å². The van der Waals surface area contributed by atoms with Crippen LogP contribution in [-0.4, -0.2) is 34.2 Å². The van der Waals surface area contributed by atoms with Crippen molar-refractivity contribution in [3.63, 3.8) is 0 Å². The zero-order chi connectivity index (χ0) is 24.3. The number of alkyl carbamates (subject to hydrolysis) is 1. The van der Waals surface area contributed by atoms with Crippen LogP contribution in [-0.2, 0) is 22.7 Å². The number of aromatic nitrogens is 2. The topological polar surface area (TPSA) is 131 Å². The van der Waals surface area contributed by atoms with Gasteiger partial charge < -0.3 is 10.1 Å². The summed E-state index contributed by atoms with van der Waals surface area (Å²) in [5.74, 6) is -1.34. The fraction of sp³-hybridized carbons (Fsp3) is 0.292. The molecule has 0 saturated carbocycles. The second kappa shape index (κ2) is 12.1. The number of carbonyl (C=O) groups excluding carboxylic acids is 3. The number of carbonyl (C=O) groups is 3. The van der Waals surface area contributed by atoms with E-state index in [2.05, 4.69) is 28.2 Å². The maximum absolute atomic E-state index is 12.7. The molecule has 34 heavy (non-hydrogen) atoms. The first-order valence-electron chi connectivity index (χ1n) is 11.0. The van der Waals surface area contributed by atoms with Crippen molar-refractivity contribution in [3.05, 3.63) is 76.2 Å². The molecule has 0 fully saturated rings. The summed E-state index contributed by atoms with van der Waals surface area (Å²) in [6.07, 6.45) is 1.90. The van der Waals surface area contributed by atoms with Crippen molar-refractivity contribution in [2.24, 2.45) is 0 Å². The number of aryl methyl sites for hydroxylation is 1. The van der Waals surface area contributed by atoms with Gasteiger partial charge in [-0.2, -0.15) is 5.10 Å². The monoisotopic (exact) mass is 465 g/mol. The normalized spacial score (nSPS) is 10.5. The van der Waals surface area contributed by atoms with E-state index < -0.39 is 24.5 Å². The van der Waals surface area contributed by atoms with Crippen molar-refractivity contribution in [2.75, 3.05) is 6.54 Å². The molecular weight excluding hydrogens is 438 g/mol. The maximum atomic E-state index is 12.7. The Labute approximate surface area is 196 Å². The van der Waals surface area contributed by atoms with Crippen LogP contribution in [0.5, 0.6) is 0 Å². The van der Waals surface area contributed by atoms with Gasteiger partial charge in [0.05, 0.1) is 5.39 Å². The number of unbranched alkanes of at least 4 members (excludes halogenated alkanes) is 2. The van der Waals surface area contributed by atoms with Crippen LogP contribution in [0.15, 0.2) is 59.4 Å². The van der Waals surface area contributed by atoms with Gasteiger partial charge in [0.25, 0.3) is 17.4 Å². The van der Waals surface area contributed by atoms with Crippen molar-refractivity contribution in [1.29, 1.82) is 0 Å². The molecule has 0 atom stereocenters. The second-order valence-corrected chi connectivity index (χ2v) is 7.55. The van der Waals surface area contributed by atoms with Gasteiger partial charge >= 0.3 is 6.09 Å². The van der Waals surface area contributed by atoms with Crippen LogP contribution in [0, 0.1) is 0 Å². The lowest BCUT2D eigenvalue weighted by Gasteiger charge is -2.12. The molecule has 0 aliphatic rings. The summed E-state index contributed by atoms with van der Waals surface area (Å²) >= 11 is 0. The van der Waals surface area contributed by atoms with E-state index in [1.165, 1.54) is 4.68 Å². The number of hydrazine groups is 1. The van der Waals surface area contributed by atoms with Crippen LogP contribution in [0.3, 0.4) is 0 Å². The summed E-state index contributed by atoms with van der Waals surface area (Å²) in [7, 11) is 0. The van der Waals surface area contributed by atoms with Crippen LogP contribution in [0.2, 0.25) is 0 Å². The van der Waals surface area contributed by atoms with E-state index in [0.717, 1.165) is 24.8 Å². The highest BCUT2D eigenvalue weighted by atomic mass is 16.5. The van der Waals surface area contributed by atoms with Gasteiger partial charge in [-0.15, -0.1) is 0 Å². The van der Waals surface area contributed by atoms with Crippen molar-refractivity contribution < 1.29 is 19.1 Å². The van der Waals surface area contributed by atoms with Gasteiger partial charge in [-0.25, -0.2) is 9.48 Å². The standard InChI is InChI=1S/C24H27N5O5/c1-2-3-9-14-29-23(32)19-13-8-7-12-18(19)21(28-29)22(31)27-26-20(30)15-25-24(33)34-16-17-10-5-4-6-11-17/h4-8,10-13H,2-3,9,14-16H2,1H3,(H,25,33)(H,26,30)(H,27,31). The number of ether oxygens (including phenoxy) is 1. The van der Waals surface area contributed by atoms with Gasteiger partial charge in [-0.05, 0) is 18.1 Å². The minimum atomic E-state index is -0.767. The lowest BCUT2D eigenvalue weighted by Crippen LogP contribution is -2.47. The van der Waals surface area contributed by atoms with Gasteiger partial charge in [-0.3, -0.25) is 25.2 Å². The summed E-state index contributed by atoms with van der Waals surface area (Å²) in [5, 5.41) is 7.29. The molecule has 0 saturated heterocycles. The molecule has 1 heterocycles. The van der Waals surface area contributed by atoms with Gasteiger partial charge in [-0.1, -0.05) is 68.3 Å². The highest BCUT2D eigenvalue weighted by Crippen LogP contribution is 2.13. The Morgan fingerprint density at radius 2 is 1.65 bits per heavy atom. The smallest absolute Gasteiger partial charge is 0.407 e. The molecule has 10 nitrogen and oxygen atoms in total. The summed E-state index contributed by atoms with van der Waals surface area (Å²) in [6.45, 7) is 2.10. The number of nitrogens with one attached hydrogen (secondary N) is 3. The minimum absolute atomic E-state index is 0.0160. The van der Waals surface area contributed by atoms with Crippen molar-refractivity contribution >= 4 is 28.7 Å². The third-order valence-corrected chi connectivity index (χ3v) is 4.98. The maximum Gasteiger partial charge on any atom is 0.407 e. The van der Waals surface area contributed by atoms with Crippen LogP contribution in [0.4, 0.5) is 4.79 Å². The molecule has 10 heteroatoms. The number of hydrogen-bond donors (Lipinski definition) is 3. The third-order valence-electron chi connectivity index (χ3n) is 4.98. The van der Waals surface area contributed by atoms with Crippen molar-refractivity contribution in [1.82, 2.24) is 25.9 Å². The fourth-order valence-corrected chi connectivity index (χ4v) is 3.22. The van der Waals surface area contributed by atoms with Crippen LogP contribution in [0.1, 0.15) is 42.2 Å². The average molecular weight is 466 g/mol. The third kappa shape index (κ3) is 6.64. The van der Waals surface area contributed by atoms with E-state index in [9.17, 15) is 19.2 Å². The molecule has 1 aromatic heterocycles. The highest BCUT2D eigenvalue weighted by molar-refractivity contribution is 6.05. The molecule has 0 radical (unpaired) electrons. The van der Waals surface area contributed by atoms with Gasteiger partial charge in [0.15, 0.2) is 5.69 Å². The molecule has 3 rings (SSSR count). The Morgan fingerprint density at radius 1 is 0.941 bits per heavy atom. The zero-order valence-electron chi connectivity index (χ0n) is 18.9. The Balaban J connectivity index is 1.56. The predicted octanol–water partition coefficient (Wildman–Crippen LogP) is 2.27. The van der Waals surface area contributed by atoms with E-state index in [1.807, 2.05) is 18.2 Å². The fourth-order valence-electron chi connectivity index (χ4n) is 3.22. The number of benzene rings is 2. The summed E-state index contributed by atoms with van der Waals surface area (Å²) < 4.78 is 6.30. The van der Waals surface area contributed by atoms with Crippen LogP contribution in [0.25, 0.3) is 10.8 Å². The number of amides is 3. The number of hydrogen-bond acceptors (Lipinski definition) is 6. The van der Waals surface area contributed by atoms with Crippen LogP contribution < -0.4 is 21.7 Å². The molecule has 178 valence electrons. The molecule has 3 aromatic rings. The first-order valence-corrected chi connectivity index (χ1v) is 11.0. The number of rotatable bonds is 9. The molecule has 3 amide bonds. The summed E-state index contributed by atoms with van der Waals surface area (Å²) in [6, 6.07) is 15.8. The first-order chi connectivity index (χ1) is 16.5. The zero-order valence-corrected chi connectivity index (χ0v) is 18.9. The molecule has 2 aromatic carbocycles. The van der Waals surface area contributed by atoms with Crippen molar-refractivity contribution in [3.8, 4) is 0 Å². The second-order valence-electron chi connectivity index (χ2n) is 7.55. The molecular formula is C24H27N5O5. The Morgan fingerprint density at radius 3 is 2.38 bits per heavy atom. The van der Waals surface area contributed by atoms with E-state index in [-0.39, 0.29) is 17.9 Å². The highest BCUT2D eigenvalue weighted by Gasteiger charge is 2.17. The number of fused-ring (bicyclic) bond motifs is 1.